The zero-order valence-electron chi connectivity index (χ0n) is 16.3. The number of allylic oxidation sites excluding steroid dienone is 1. The Bertz CT molecular complexity index is 587. The summed E-state index contributed by atoms with van der Waals surface area (Å²) in [6, 6.07) is 10.2. The first kappa shape index (κ1) is 20.4. The third-order valence-corrected chi connectivity index (χ3v) is 4.64. The molecule has 26 heavy (non-hydrogen) atoms. The second-order valence-corrected chi connectivity index (χ2v) is 7.38. The summed E-state index contributed by atoms with van der Waals surface area (Å²) in [7, 11) is 0. The predicted octanol–water partition coefficient (Wildman–Crippen LogP) is 5.23. The number of unbranched alkanes of at least 4 members (excludes halogenated alkanes) is 5. The highest BCUT2D eigenvalue weighted by Crippen LogP contribution is 2.27. The Hall–Kier alpha value is -1.87. The zero-order valence-corrected chi connectivity index (χ0v) is 16.3. The van der Waals surface area contributed by atoms with Crippen LogP contribution in [0.15, 0.2) is 48.6 Å². The van der Waals surface area contributed by atoms with Gasteiger partial charge in [0, 0.05) is 6.54 Å². The summed E-state index contributed by atoms with van der Waals surface area (Å²) in [5, 5.41) is 0. The van der Waals surface area contributed by atoms with Crippen LogP contribution < -0.4 is 0 Å². The lowest BCUT2D eigenvalue weighted by Gasteiger charge is -2.21. The summed E-state index contributed by atoms with van der Waals surface area (Å²) >= 11 is 0. The largest absolute Gasteiger partial charge is 0.368 e. The fraction of sp³-hybridized carbons (Fsp3) is 0.522. The molecule has 1 aromatic carbocycles. The lowest BCUT2D eigenvalue weighted by Crippen LogP contribution is -2.37. The highest BCUT2D eigenvalue weighted by atomic mass is 16.6. The van der Waals surface area contributed by atoms with E-state index in [0.717, 1.165) is 18.6 Å². The molecule has 142 valence electrons. The second kappa shape index (κ2) is 11.0. The molecule has 1 heterocycles. The molecule has 1 aliphatic heterocycles. The number of carbonyl (C=O) groups is 1. The Balaban J connectivity index is 1.81. The maximum Gasteiger partial charge on any atom is 0.246 e. The van der Waals surface area contributed by atoms with E-state index < -0.39 is 0 Å². The van der Waals surface area contributed by atoms with Gasteiger partial charge >= 0.3 is 0 Å². The van der Waals surface area contributed by atoms with Gasteiger partial charge in [0.05, 0.1) is 13.2 Å². The second-order valence-electron chi connectivity index (χ2n) is 7.38. The summed E-state index contributed by atoms with van der Waals surface area (Å²) in [4.78, 5) is 14.5. The lowest BCUT2D eigenvalue weighted by atomic mass is 10.1. The molecule has 1 unspecified atom stereocenters. The molecule has 1 aliphatic rings. The van der Waals surface area contributed by atoms with Crippen molar-refractivity contribution < 1.29 is 9.53 Å². The van der Waals surface area contributed by atoms with Gasteiger partial charge in [0.2, 0.25) is 5.91 Å². The number of hydrogen-bond donors (Lipinski definition) is 0. The first-order valence-corrected chi connectivity index (χ1v) is 9.94. The van der Waals surface area contributed by atoms with Crippen LogP contribution in [0, 0.1) is 0 Å². The Labute approximate surface area is 158 Å². The summed E-state index contributed by atoms with van der Waals surface area (Å²) in [6.45, 7) is 6.27. The van der Waals surface area contributed by atoms with E-state index in [4.69, 9.17) is 4.74 Å². The maximum atomic E-state index is 12.6. The third kappa shape index (κ3) is 8.01. The lowest BCUT2D eigenvalue weighted by molar-refractivity contribution is -0.126. The SMILES string of the molecule is CCCCCCCC=CC(=O)N(CC=Cc1ccccc1)CC1(C)CO1. The molecule has 0 bridgehead atoms. The topological polar surface area (TPSA) is 32.8 Å². The van der Waals surface area contributed by atoms with Crippen LogP contribution in [0.1, 0.15) is 57.9 Å². The van der Waals surface area contributed by atoms with Crippen molar-refractivity contribution >= 4 is 12.0 Å². The smallest absolute Gasteiger partial charge is 0.246 e. The van der Waals surface area contributed by atoms with E-state index in [2.05, 4.69) is 38.1 Å². The van der Waals surface area contributed by atoms with E-state index in [1.165, 1.54) is 32.1 Å². The number of rotatable bonds is 12. The van der Waals surface area contributed by atoms with Gasteiger partial charge in [-0.1, -0.05) is 81.2 Å². The zero-order chi connectivity index (χ0) is 18.7. The fourth-order valence-electron chi connectivity index (χ4n) is 2.89. The van der Waals surface area contributed by atoms with E-state index in [0.29, 0.717) is 13.1 Å². The van der Waals surface area contributed by atoms with Gasteiger partial charge in [-0.15, -0.1) is 0 Å². The number of benzene rings is 1. The van der Waals surface area contributed by atoms with Crippen molar-refractivity contribution in [1.29, 1.82) is 0 Å². The predicted molar refractivity (Wildman–Crippen MR) is 109 cm³/mol. The van der Waals surface area contributed by atoms with Gasteiger partial charge in [-0.25, -0.2) is 0 Å². The molecule has 1 amide bonds. The minimum atomic E-state index is -0.162. The molecule has 3 nitrogen and oxygen atoms in total. The molecular weight excluding hydrogens is 322 g/mol. The van der Waals surface area contributed by atoms with Gasteiger partial charge < -0.3 is 9.64 Å². The van der Waals surface area contributed by atoms with Crippen LogP contribution in [0.3, 0.4) is 0 Å². The van der Waals surface area contributed by atoms with Crippen LogP contribution in [0.25, 0.3) is 6.08 Å². The van der Waals surface area contributed by atoms with Crippen LogP contribution in [-0.2, 0) is 9.53 Å². The first-order valence-electron chi connectivity index (χ1n) is 9.94. The fourth-order valence-corrected chi connectivity index (χ4v) is 2.89. The van der Waals surface area contributed by atoms with Crippen LogP contribution >= 0.6 is 0 Å². The third-order valence-electron chi connectivity index (χ3n) is 4.64. The van der Waals surface area contributed by atoms with Gasteiger partial charge in [-0.3, -0.25) is 4.79 Å². The standard InChI is InChI=1S/C23H33NO2/c1-3-4-5-6-7-8-12-17-22(25)24(19-23(2)20-26-23)18-13-16-21-14-10-9-11-15-21/h9-17H,3-8,18-20H2,1-2H3. The van der Waals surface area contributed by atoms with Crippen molar-refractivity contribution in [3.05, 3.63) is 54.1 Å². The molecule has 2 rings (SSSR count). The van der Waals surface area contributed by atoms with Gasteiger partial charge in [-0.2, -0.15) is 0 Å². The quantitative estimate of drug-likeness (QED) is 0.292. The normalized spacial score (nSPS) is 19.3. The van der Waals surface area contributed by atoms with Crippen molar-refractivity contribution in [2.45, 2.75) is 58.0 Å². The van der Waals surface area contributed by atoms with E-state index in [1.807, 2.05) is 29.2 Å². The molecule has 1 atom stereocenters. The van der Waals surface area contributed by atoms with Gasteiger partial charge in [-0.05, 0) is 31.4 Å². The average molecular weight is 356 g/mol. The average Bonchev–Trinajstić information content (AvgIpc) is 3.38. The Morgan fingerprint density at radius 2 is 1.88 bits per heavy atom. The number of nitrogens with zero attached hydrogens (tertiary/aromatic N) is 1. The van der Waals surface area contributed by atoms with Crippen molar-refractivity contribution in [1.82, 2.24) is 4.90 Å². The van der Waals surface area contributed by atoms with Gasteiger partial charge in [0.1, 0.15) is 5.60 Å². The molecule has 0 aliphatic carbocycles. The Kier molecular flexibility index (Phi) is 8.63. The van der Waals surface area contributed by atoms with Crippen molar-refractivity contribution in [3.8, 4) is 0 Å². The van der Waals surface area contributed by atoms with Crippen LogP contribution in [0.2, 0.25) is 0 Å². The van der Waals surface area contributed by atoms with Crippen LogP contribution in [0.5, 0.6) is 0 Å². The molecule has 1 aromatic rings. The monoisotopic (exact) mass is 355 g/mol. The van der Waals surface area contributed by atoms with Gasteiger partial charge in [0.25, 0.3) is 0 Å². The number of ether oxygens (including phenoxy) is 1. The highest BCUT2D eigenvalue weighted by molar-refractivity contribution is 5.87. The van der Waals surface area contributed by atoms with Crippen molar-refractivity contribution in [3.63, 3.8) is 0 Å². The Morgan fingerprint density at radius 1 is 1.15 bits per heavy atom. The van der Waals surface area contributed by atoms with Crippen LogP contribution in [-0.4, -0.2) is 36.1 Å². The molecule has 0 saturated carbocycles. The number of hydrogen-bond acceptors (Lipinski definition) is 2. The molecular formula is C23H33NO2. The highest BCUT2D eigenvalue weighted by Gasteiger charge is 2.41. The van der Waals surface area contributed by atoms with Gasteiger partial charge in [0.15, 0.2) is 0 Å². The summed E-state index contributed by atoms with van der Waals surface area (Å²) in [6.07, 6.45) is 15.1. The molecule has 0 spiro atoms. The van der Waals surface area contributed by atoms with Crippen LogP contribution in [0.4, 0.5) is 0 Å². The molecule has 0 radical (unpaired) electrons. The Morgan fingerprint density at radius 3 is 2.58 bits per heavy atom. The van der Waals surface area contributed by atoms with Crippen molar-refractivity contribution in [2.75, 3.05) is 19.7 Å². The first-order chi connectivity index (χ1) is 12.6. The van der Waals surface area contributed by atoms with Crippen molar-refractivity contribution in [2.24, 2.45) is 0 Å². The van der Waals surface area contributed by atoms with E-state index in [-0.39, 0.29) is 11.5 Å². The minimum Gasteiger partial charge on any atom is -0.368 e. The van der Waals surface area contributed by atoms with E-state index >= 15 is 0 Å². The molecule has 0 N–H and O–H groups in total. The molecule has 0 aromatic heterocycles. The minimum absolute atomic E-state index is 0.0768. The van der Waals surface area contributed by atoms with E-state index in [9.17, 15) is 4.79 Å². The summed E-state index contributed by atoms with van der Waals surface area (Å²) < 4.78 is 5.48. The van der Waals surface area contributed by atoms with E-state index in [1.54, 1.807) is 6.08 Å². The molecule has 3 heteroatoms. The molecule has 1 fully saturated rings. The maximum absolute atomic E-state index is 12.6. The number of amides is 1. The number of epoxide rings is 1. The number of carbonyl (C=O) groups excluding carboxylic acids is 1. The summed E-state index contributed by atoms with van der Waals surface area (Å²) in [5.41, 5.74) is 0.987. The summed E-state index contributed by atoms with van der Waals surface area (Å²) in [5.74, 6) is 0.0768. The molecule has 1 saturated heterocycles.